The predicted octanol–water partition coefficient (Wildman–Crippen LogP) is 5.87. The van der Waals surface area contributed by atoms with E-state index in [0.717, 1.165) is 34.5 Å². The highest BCUT2D eigenvalue weighted by Gasteiger charge is 2.12. The molecular formula is C27H27NO4. The summed E-state index contributed by atoms with van der Waals surface area (Å²) in [5.74, 6) is 0.660. The van der Waals surface area contributed by atoms with Crippen molar-refractivity contribution in [2.24, 2.45) is 0 Å². The maximum absolute atomic E-state index is 11.9. The summed E-state index contributed by atoms with van der Waals surface area (Å²) >= 11 is 0. The highest BCUT2D eigenvalue weighted by Crippen LogP contribution is 2.27. The molecule has 0 bridgehead atoms. The number of carbonyl (C=O) groups excluding carboxylic acids is 1. The van der Waals surface area contributed by atoms with Crippen molar-refractivity contribution in [2.45, 2.75) is 32.9 Å². The van der Waals surface area contributed by atoms with Crippen molar-refractivity contribution >= 4 is 5.97 Å². The SMILES string of the molecule is CCOC(=O)CCc1cn(Cc2ccc(OCc3ccoc3)cc2)cc1-c1ccccc1. The third-order valence-electron chi connectivity index (χ3n) is 5.23. The van der Waals surface area contributed by atoms with Gasteiger partial charge in [0, 0.05) is 36.5 Å². The summed E-state index contributed by atoms with van der Waals surface area (Å²) in [7, 11) is 0. The Kier molecular flexibility index (Phi) is 7.08. The van der Waals surface area contributed by atoms with Crippen LogP contribution in [0.15, 0.2) is 90.0 Å². The zero-order valence-corrected chi connectivity index (χ0v) is 18.2. The summed E-state index contributed by atoms with van der Waals surface area (Å²) in [6.07, 6.45) is 8.63. The lowest BCUT2D eigenvalue weighted by Crippen LogP contribution is -2.05. The molecule has 4 aromatic rings. The average Bonchev–Trinajstić information content (AvgIpc) is 3.48. The highest BCUT2D eigenvalue weighted by molar-refractivity contribution is 5.72. The third kappa shape index (κ3) is 5.70. The monoisotopic (exact) mass is 429 g/mol. The number of aromatic nitrogens is 1. The number of esters is 1. The molecule has 0 spiro atoms. The van der Waals surface area contributed by atoms with Crippen LogP contribution in [0.3, 0.4) is 0 Å². The van der Waals surface area contributed by atoms with Gasteiger partial charge in [-0.05, 0) is 48.2 Å². The van der Waals surface area contributed by atoms with Crippen molar-refractivity contribution in [3.63, 3.8) is 0 Å². The van der Waals surface area contributed by atoms with E-state index in [1.54, 1.807) is 12.5 Å². The molecule has 0 unspecified atom stereocenters. The average molecular weight is 430 g/mol. The number of nitrogens with zero attached hydrogens (tertiary/aromatic N) is 1. The molecule has 2 heterocycles. The number of aryl methyl sites for hydroxylation is 1. The molecule has 0 aliphatic heterocycles. The fourth-order valence-corrected chi connectivity index (χ4v) is 3.64. The molecule has 0 N–H and O–H groups in total. The number of hydrogen-bond donors (Lipinski definition) is 0. The molecule has 5 nitrogen and oxygen atoms in total. The van der Waals surface area contributed by atoms with E-state index < -0.39 is 0 Å². The van der Waals surface area contributed by atoms with Gasteiger partial charge in [-0.25, -0.2) is 0 Å². The normalized spacial score (nSPS) is 10.8. The van der Waals surface area contributed by atoms with Gasteiger partial charge >= 0.3 is 5.97 Å². The number of furan rings is 1. The van der Waals surface area contributed by atoms with Gasteiger partial charge in [-0.2, -0.15) is 0 Å². The zero-order valence-electron chi connectivity index (χ0n) is 18.2. The predicted molar refractivity (Wildman–Crippen MR) is 123 cm³/mol. The Morgan fingerprint density at radius 2 is 1.78 bits per heavy atom. The highest BCUT2D eigenvalue weighted by atomic mass is 16.5. The zero-order chi connectivity index (χ0) is 22.2. The van der Waals surface area contributed by atoms with Gasteiger partial charge in [0.05, 0.1) is 19.1 Å². The third-order valence-corrected chi connectivity index (χ3v) is 5.23. The minimum Gasteiger partial charge on any atom is -0.489 e. The van der Waals surface area contributed by atoms with E-state index in [9.17, 15) is 4.79 Å². The van der Waals surface area contributed by atoms with Crippen LogP contribution in [0.1, 0.15) is 30.0 Å². The summed E-state index contributed by atoms with van der Waals surface area (Å²) in [6, 6.07) is 20.3. The lowest BCUT2D eigenvalue weighted by molar-refractivity contribution is -0.143. The van der Waals surface area contributed by atoms with Gasteiger partial charge in [-0.1, -0.05) is 42.5 Å². The minimum atomic E-state index is -0.162. The van der Waals surface area contributed by atoms with Crippen LogP contribution in [0.4, 0.5) is 0 Å². The Labute approximate surface area is 188 Å². The molecule has 0 saturated heterocycles. The van der Waals surface area contributed by atoms with Crippen LogP contribution < -0.4 is 4.74 Å². The Balaban J connectivity index is 1.46. The standard InChI is InChI=1S/C27H27NO4/c1-2-31-27(29)13-10-24-17-28(18-26(24)23-6-4-3-5-7-23)16-21-8-11-25(12-9-21)32-20-22-14-15-30-19-22/h3-9,11-12,14-15,17-19H,2,10,13,16,20H2,1H3. The van der Waals surface area contributed by atoms with Crippen molar-refractivity contribution < 1.29 is 18.7 Å². The van der Waals surface area contributed by atoms with Crippen LogP contribution in [-0.4, -0.2) is 17.1 Å². The Bertz CT molecular complexity index is 1110. The van der Waals surface area contributed by atoms with Crippen LogP contribution in [0.25, 0.3) is 11.1 Å². The van der Waals surface area contributed by atoms with Gasteiger partial charge in [0.25, 0.3) is 0 Å². The number of benzene rings is 2. The van der Waals surface area contributed by atoms with Gasteiger partial charge in [-0.15, -0.1) is 0 Å². The van der Waals surface area contributed by atoms with Crippen LogP contribution in [0.2, 0.25) is 0 Å². The van der Waals surface area contributed by atoms with E-state index in [-0.39, 0.29) is 5.97 Å². The van der Waals surface area contributed by atoms with E-state index in [4.69, 9.17) is 13.9 Å². The van der Waals surface area contributed by atoms with Crippen LogP contribution in [0.5, 0.6) is 5.75 Å². The number of hydrogen-bond acceptors (Lipinski definition) is 4. The lowest BCUT2D eigenvalue weighted by Gasteiger charge is -2.07. The molecule has 0 saturated carbocycles. The van der Waals surface area contributed by atoms with Gasteiger partial charge in [0.2, 0.25) is 0 Å². The van der Waals surface area contributed by atoms with E-state index >= 15 is 0 Å². The Hall–Kier alpha value is -3.73. The first-order chi connectivity index (χ1) is 15.7. The summed E-state index contributed by atoms with van der Waals surface area (Å²) in [5, 5.41) is 0. The molecule has 0 aliphatic rings. The number of rotatable bonds is 10. The lowest BCUT2D eigenvalue weighted by atomic mass is 10.0. The Morgan fingerprint density at radius 3 is 2.50 bits per heavy atom. The van der Waals surface area contributed by atoms with Crippen molar-refractivity contribution in [3.8, 4) is 16.9 Å². The number of ether oxygens (including phenoxy) is 2. The summed E-state index contributed by atoms with van der Waals surface area (Å²) in [4.78, 5) is 11.9. The van der Waals surface area contributed by atoms with Gasteiger partial charge in [0.15, 0.2) is 0 Å². The molecular weight excluding hydrogens is 402 g/mol. The van der Waals surface area contributed by atoms with Crippen LogP contribution >= 0.6 is 0 Å². The summed E-state index contributed by atoms with van der Waals surface area (Å²) in [6.45, 7) is 3.46. The van der Waals surface area contributed by atoms with Gasteiger partial charge < -0.3 is 18.5 Å². The second kappa shape index (κ2) is 10.5. The molecule has 0 aliphatic carbocycles. The van der Waals surface area contributed by atoms with E-state index in [0.29, 0.717) is 26.1 Å². The fourth-order valence-electron chi connectivity index (χ4n) is 3.64. The molecule has 4 rings (SSSR count). The van der Waals surface area contributed by atoms with Crippen molar-refractivity contribution in [1.82, 2.24) is 4.57 Å². The first-order valence-corrected chi connectivity index (χ1v) is 10.8. The molecule has 2 aromatic heterocycles. The molecule has 0 fully saturated rings. The van der Waals surface area contributed by atoms with Gasteiger partial charge in [-0.3, -0.25) is 4.79 Å². The largest absolute Gasteiger partial charge is 0.489 e. The second-order valence-electron chi connectivity index (χ2n) is 7.60. The van der Waals surface area contributed by atoms with E-state index in [1.165, 1.54) is 5.56 Å². The Morgan fingerprint density at radius 1 is 0.969 bits per heavy atom. The molecule has 164 valence electrons. The van der Waals surface area contributed by atoms with E-state index in [1.807, 2.05) is 43.3 Å². The quantitative estimate of drug-likeness (QED) is 0.296. The topological polar surface area (TPSA) is 53.6 Å². The first-order valence-electron chi connectivity index (χ1n) is 10.8. The number of carbonyl (C=O) groups is 1. The van der Waals surface area contributed by atoms with Crippen LogP contribution in [0, 0.1) is 0 Å². The summed E-state index contributed by atoms with van der Waals surface area (Å²) < 4.78 is 18.1. The maximum Gasteiger partial charge on any atom is 0.306 e. The maximum atomic E-state index is 11.9. The van der Waals surface area contributed by atoms with E-state index in [2.05, 4.69) is 41.2 Å². The molecule has 0 atom stereocenters. The van der Waals surface area contributed by atoms with Crippen molar-refractivity contribution in [3.05, 3.63) is 102 Å². The van der Waals surface area contributed by atoms with Crippen molar-refractivity contribution in [2.75, 3.05) is 6.61 Å². The molecule has 32 heavy (non-hydrogen) atoms. The smallest absolute Gasteiger partial charge is 0.306 e. The van der Waals surface area contributed by atoms with Crippen molar-refractivity contribution in [1.29, 1.82) is 0 Å². The minimum absolute atomic E-state index is 0.162. The molecule has 5 heteroatoms. The molecule has 0 amide bonds. The fraction of sp³-hybridized carbons (Fsp3) is 0.222. The summed E-state index contributed by atoms with van der Waals surface area (Å²) in [5.41, 5.74) is 5.62. The first kappa shape index (κ1) is 21.5. The van der Waals surface area contributed by atoms with Gasteiger partial charge in [0.1, 0.15) is 12.4 Å². The van der Waals surface area contributed by atoms with Crippen LogP contribution in [-0.2, 0) is 29.1 Å². The molecule has 2 aromatic carbocycles. The molecule has 0 radical (unpaired) electrons. The second-order valence-corrected chi connectivity index (χ2v) is 7.60.